The zero-order valence-electron chi connectivity index (χ0n) is 13.2. The van der Waals surface area contributed by atoms with Crippen molar-refractivity contribution in [2.45, 2.75) is 31.7 Å². The lowest BCUT2D eigenvalue weighted by Gasteiger charge is -2.15. The highest BCUT2D eigenvalue weighted by Crippen LogP contribution is 2.39. The van der Waals surface area contributed by atoms with Crippen molar-refractivity contribution in [3.63, 3.8) is 0 Å². The molecule has 120 valence electrons. The molecule has 1 aliphatic rings. The van der Waals surface area contributed by atoms with E-state index in [1.165, 1.54) is 0 Å². The summed E-state index contributed by atoms with van der Waals surface area (Å²) in [5.74, 6) is 4.05. The van der Waals surface area contributed by atoms with Gasteiger partial charge in [-0.15, -0.1) is 0 Å². The second kappa shape index (κ2) is 6.13. The number of halogens is 2. The van der Waals surface area contributed by atoms with Crippen LogP contribution in [0.1, 0.15) is 37.2 Å². The summed E-state index contributed by atoms with van der Waals surface area (Å²) < 4.78 is 27.0. The minimum Gasteiger partial charge on any atom is -0.341 e. The Balaban J connectivity index is 1.79. The topological polar surface area (TPSA) is 31.9 Å². The molecule has 1 aromatic heterocycles. The maximum Gasteiger partial charge on any atom is 0.262 e. The molecule has 0 aliphatic carbocycles. The molecule has 3 rings (SSSR count). The van der Waals surface area contributed by atoms with Crippen LogP contribution in [0, 0.1) is 11.8 Å². The average molecular weight is 315 g/mol. The average Bonchev–Trinajstić information content (AvgIpc) is 3.09. The molecule has 2 aromatic rings. The zero-order chi connectivity index (χ0) is 16.4. The molecule has 5 heteroatoms. The van der Waals surface area contributed by atoms with Crippen molar-refractivity contribution in [2.75, 3.05) is 13.6 Å². The fourth-order valence-corrected chi connectivity index (χ4v) is 2.86. The summed E-state index contributed by atoms with van der Waals surface area (Å²) in [5.41, 5.74) is 2.77. The van der Waals surface area contributed by atoms with Gasteiger partial charge in [-0.3, -0.25) is 4.90 Å². The Morgan fingerprint density at radius 1 is 1.35 bits per heavy atom. The van der Waals surface area contributed by atoms with Crippen molar-refractivity contribution in [1.82, 2.24) is 14.9 Å². The molecule has 0 radical (unpaired) electrons. The number of hydrogen-bond acceptors (Lipinski definition) is 2. The van der Waals surface area contributed by atoms with E-state index in [9.17, 15) is 8.78 Å². The maximum absolute atomic E-state index is 13.5. The number of hydrogen-bond donors (Lipinski definition) is 1. The fourth-order valence-electron chi connectivity index (χ4n) is 2.86. The summed E-state index contributed by atoms with van der Waals surface area (Å²) in [4.78, 5) is 9.13. The Morgan fingerprint density at radius 2 is 2.09 bits per heavy atom. The van der Waals surface area contributed by atoms with E-state index in [-0.39, 0.29) is 19.0 Å². The number of H-pyrrole nitrogens is 1. The molecule has 1 atom stereocenters. The van der Waals surface area contributed by atoms with Crippen LogP contribution in [0.15, 0.2) is 30.5 Å². The minimum absolute atomic E-state index is 0.192. The second-order valence-electron chi connectivity index (χ2n) is 5.91. The first kappa shape index (κ1) is 15.7. The summed E-state index contributed by atoms with van der Waals surface area (Å²) in [7, 11) is 1.70. The molecule has 0 amide bonds. The summed E-state index contributed by atoms with van der Waals surface area (Å²) in [5, 5.41) is 0. The van der Waals surface area contributed by atoms with Crippen LogP contribution in [0.5, 0.6) is 0 Å². The molecule has 1 fully saturated rings. The van der Waals surface area contributed by atoms with Gasteiger partial charge in [-0.25, -0.2) is 13.8 Å². The number of likely N-dealkylation sites (tertiary alicyclic amines) is 1. The SMILES string of the molecule is CCC#Cc1ccc(-c2cnc(C3CC(F)(F)CN3C)[nH]2)cc1. The van der Waals surface area contributed by atoms with Gasteiger partial charge in [0.25, 0.3) is 5.92 Å². The molecule has 1 aromatic carbocycles. The third kappa shape index (κ3) is 3.43. The first-order valence-corrected chi connectivity index (χ1v) is 7.71. The van der Waals surface area contributed by atoms with Crippen LogP contribution in [0.25, 0.3) is 11.3 Å². The second-order valence-corrected chi connectivity index (χ2v) is 5.91. The van der Waals surface area contributed by atoms with E-state index in [2.05, 4.69) is 21.8 Å². The number of aromatic nitrogens is 2. The van der Waals surface area contributed by atoms with Crippen LogP contribution in [0.3, 0.4) is 0 Å². The van der Waals surface area contributed by atoms with Crippen LogP contribution in [-0.4, -0.2) is 34.4 Å². The van der Waals surface area contributed by atoms with E-state index < -0.39 is 5.92 Å². The Hall–Kier alpha value is -2.19. The molecule has 2 heterocycles. The fraction of sp³-hybridized carbons (Fsp3) is 0.389. The third-order valence-corrected chi connectivity index (χ3v) is 4.02. The number of nitrogens with zero attached hydrogens (tertiary/aromatic N) is 2. The van der Waals surface area contributed by atoms with E-state index in [4.69, 9.17) is 0 Å². The first-order chi connectivity index (χ1) is 11.0. The summed E-state index contributed by atoms with van der Waals surface area (Å²) in [6, 6.07) is 7.46. The van der Waals surface area contributed by atoms with Gasteiger partial charge in [0.1, 0.15) is 5.82 Å². The predicted molar refractivity (Wildman–Crippen MR) is 86.1 cm³/mol. The standard InChI is InChI=1S/C18H19F2N3/c1-3-4-5-13-6-8-14(9-7-13)15-11-21-17(22-15)16-10-18(19,20)12-23(16)2/h6-9,11,16H,3,10,12H2,1-2H3,(H,21,22). The number of benzene rings is 1. The van der Waals surface area contributed by atoms with E-state index in [0.29, 0.717) is 5.82 Å². The molecule has 1 unspecified atom stereocenters. The largest absolute Gasteiger partial charge is 0.341 e. The predicted octanol–water partition coefficient (Wildman–Crippen LogP) is 3.85. The Morgan fingerprint density at radius 3 is 2.70 bits per heavy atom. The molecule has 1 saturated heterocycles. The Kier molecular flexibility index (Phi) is 4.18. The zero-order valence-corrected chi connectivity index (χ0v) is 13.2. The van der Waals surface area contributed by atoms with Crippen LogP contribution < -0.4 is 0 Å². The summed E-state index contributed by atoms with van der Waals surface area (Å²) in [6.07, 6.45) is 2.33. The van der Waals surface area contributed by atoms with Gasteiger partial charge in [0.15, 0.2) is 0 Å². The molecular weight excluding hydrogens is 296 g/mol. The van der Waals surface area contributed by atoms with Crippen molar-refractivity contribution in [3.05, 3.63) is 41.9 Å². The number of nitrogens with one attached hydrogen (secondary N) is 1. The van der Waals surface area contributed by atoms with Crippen LogP contribution >= 0.6 is 0 Å². The highest BCUT2D eigenvalue weighted by atomic mass is 19.3. The summed E-state index contributed by atoms with van der Waals surface area (Å²) in [6.45, 7) is 1.79. The van der Waals surface area contributed by atoms with Crippen LogP contribution in [0.4, 0.5) is 8.78 Å². The van der Waals surface area contributed by atoms with Crippen molar-refractivity contribution in [2.24, 2.45) is 0 Å². The minimum atomic E-state index is -2.65. The summed E-state index contributed by atoms with van der Waals surface area (Å²) >= 11 is 0. The molecule has 3 nitrogen and oxygen atoms in total. The monoisotopic (exact) mass is 315 g/mol. The quantitative estimate of drug-likeness (QED) is 0.854. The lowest BCUT2D eigenvalue weighted by Crippen LogP contribution is -2.22. The highest BCUT2D eigenvalue weighted by Gasteiger charge is 2.44. The van der Waals surface area contributed by atoms with Crippen molar-refractivity contribution in [1.29, 1.82) is 0 Å². The van der Waals surface area contributed by atoms with Gasteiger partial charge in [0.05, 0.1) is 24.5 Å². The third-order valence-electron chi connectivity index (χ3n) is 4.02. The maximum atomic E-state index is 13.5. The smallest absolute Gasteiger partial charge is 0.262 e. The molecule has 23 heavy (non-hydrogen) atoms. The molecule has 0 saturated carbocycles. The number of imidazole rings is 1. The van der Waals surface area contributed by atoms with Gasteiger partial charge < -0.3 is 4.98 Å². The van der Waals surface area contributed by atoms with Gasteiger partial charge >= 0.3 is 0 Å². The van der Waals surface area contributed by atoms with Gasteiger partial charge in [0.2, 0.25) is 0 Å². The van der Waals surface area contributed by atoms with Crippen LogP contribution in [0.2, 0.25) is 0 Å². The van der Waals surface area contributed by atoms with E-state index in [1.807, 2.05) is 31.2 Å². The Labute approximate surface area is 134 Å². The Bertz CT molecular complexity index is 738. The van der Waals surface area contributed by atoms with Crippen molar-refractivity contribution in [3.8, 4) is 23.1 Å². The molecule has 0 bridgehead atoms. The first-order valence-electron chi connectivity index (χ1n) is 7.71. The van der Waals surface area contributed by atoms with E-state index in [1.54, 1.807) is 18.1 Å². The number of aromatic amines is 1. The molecule has 1 aliphatic heterocycles. The number of alkyl halides is 2. The number of rotatable bonds is 2. The normalized spacial score (nSPS) is 20.3. The van der Waals surface area contributed by atoms with Gasteiger partial charge in [-0.2, -0.15) is 0 Å². The lowest BCUT2D eigenvalue weighted by atomic mass is 10.1. The van der Waals surface area contributed by atoms with E-state index >= 15 is 0 Å². The molecule has 0 spiro atoms. The molecule has 1 N–H and O–H groups in total. The van der Waals surface area contributed by atoms with Gasteiger partial charge in [-0.05, 0) is 24.7 Å². The van der Waals surface area contributed by atoms with E-state index in [0.717, 1.165) is 23.2 Å². The van der Waals surface area contributed by atoms with Crippen molar-refractivity contribution >= 4 is 0 Å². The highest BCUT2D eigenvalue weighted by molar-refractivity contribution is 5.60. The molecular formula is C18H19F2N3. The van der Waals surface area contributed by atoms with Crippen LogP contribution in [-0.2, 0) is 0 Å². The van der Waals surface area contributed by atoms with Gasteiger partial charge in [-0.1, -0.05) is 30.9 Å². The lowest BCUT2D eigenvalue weighted by molar-refractivity contribution is 0.0140. The van der Waals surface area contributed by atoms with Gasteiger partial charge in [0, 0.05) is 18.4 Å². The van der Waals surface area contributed by atoms with Crippen molar-refractivity contribution < 1.29 is 8.78 Å².